The van der Waals surface area contributed by atoms with Gasteiger partial charge >= 0.3 is 6.18 Å². The highest BCUT2D eigenvalue weighted by atomic mass is 19.4. The Morgan fingerprint density at radius 1 is 0.926 bits per heavy atom. The molecule has 27 heavy (non-hydrogen) atoms. The Kier molecular flexibility index (Phi) is 5.85. The van der Waals surface area contributed by atoms with Crippen molar-refractivity contribution < 1.29 is 18.0 Å². The molecular weight excluding hydrogens is 353 g/mol. The first kappa shape index (κ1) is 19.4. The summed E-state index contributed by atoms with van der Waals surface area (Å²) < 4.78 is 38.0. The van der Waals surface area contributed by atoms with Gasteiger partial charge < -0.3 is 4.90 Å². The van der Waals surface area contributed by atoms with Gasteiger partial charge in [-0.3, -0.25) is 9.69 Å². The van der Waals surface area contributed by atoms with Crippen molar-refractivity contribution in [2.75, 3.05) is 37.6 Å². The molecule has 3 nitrogen and oxygen atoms in total. The number of hydrogen-bond acceptors (Lipinski definition) is 3. The molecule has 1 fully saturated rings. The minimum Gasteiger partial charge on any atom is -0.369 e. The van der Waals surface area contributed by atoms with Crippen LogP contribution < -0.4 is 4.90 Å². The number of benzene rings is 2. The molecule has 0 saturated carbocycles. The van der Waals surface area contributed by atoms with Gasteiger partial charge in [-0.1, -0.05) is 29.8 Å². The summed E-state index contributed by atoms with van der Waals surface area (Å²) in [6.07, 6.45) is -3.83. The number of halogens is 3. The van der Waals surface area contributed by atoms with Crippen LogP contribution in [0.4, 0.5) is 18.9 Å². The first-order chi connectivity index (χ1) is 12.8. The Balaban J connectivity index is 1.47. The number of ketones is 1. The van der Waals surface area contributed by atoms with Gasteiger partial charge in [-0.2, -0.15) is 13.2 Å². The highest BCUT2D eigenvalue weighted by Crippen LogP contribution is 2.30. The van der Waals surface area contributed by atoms with E-state index in [1.54, 1.807) is 0 Å². The van der Waals surface area contributed by atoms with E-state index in [1.807, 2.05) is 31.2 Å². The maximum atomic E-state index is 12.7. The van der Waals surface area contributed by atoms with Crippen molar-refractivity contribution in [3.8, 4) is 0 Å². The van der Waals surface area contributed by atoms with Crippen molar-refractivity contribution in [2.24, 2.45) is 0 Å². The zero-order valence-corrected chi connectivity index (χ0v) is 15.3. The molecular formula is C21H23F3N2O. The van der Waals surface area contributed by atoms with Crippen molar-refractivity contribution >= 4 is 11.5 Å². The van der Waals surface area contributed by atoms with Crippen LogP contribution in [-0.4, -0.2) is 43.4 Å². The Labute approximate surface area is 157 Å². The van der Waals surface area contributed by atoms with Crippen molar-refractivity contribution in [3.05, 3.63) is 65.2 Å². The molecule has 6 heteroatoms. The molecule has 0 aliphatic carbocycles. The van der Waals surface area contributed by atoms with E-state index in [4.69, 9.17) is 0 Å². The highest BCUT2D eigenvalue weighted by molar-refractivity contribution is 5.96. The topological polar surface area (TPSA) is 23.6 Å². The lowest BCUT2D eigenvalue weighted by molar-refractivity contribution is -0.137. The second-order valence-electron chi connectivity index (χ2n) is 6.91. The number of aryl methyl sites for hydroxylation is 1. The summed E-state index contributed by atoms with van der Waals surface area (Å²) in [6, 6.07) is 12.9. The Morgan fingerprint density at radius 2 is 1.52 bits per heavy atom. The zero-order valence-electron chi connectivity index (χ0n) is 15.3. The lowest BCUT2D eigenvalue weighted by atomic mass is 10.1. The van der Waals surface area contributed by atoms with Gasteiger partial charge in [-0.15, -0.1) is 0 Å². The van der Waals surface area contributed by atoms with E-state index in [1.165, 1.54) is 12.1 Å². The molecule has 2 aromatic carbocycles. The van der Waals surface area contributed by atoms with E-state index >= 15 is 0 Å². The monoisotopic (exact) mass is 376 g/mol. The third-order valence-corrected chi connectivity index (χ3v) is 4.96. The van der Waals surface area contributed by atoms with E-state index in [0.717, 1.165) is 55.1 Å². The van der Waals surface area contributed by atoms with Crippen molar-refractivity contribution in [3.63, 3.8) is 0 Å². The maximum Gasteiger partial charge on any atom is 0.416 e. The number of Topliss-reactive ketones (excluding diaryl/α,β-unsaturated/α-hetero) is 1. The fourth-order valence-electron chi connectivity index (χ4n) is 3.23. The van der Waals surface area contributed by atoms with E-state index in [0.29, 0.717) is 13.0 Å². The predicted molar refractivity (Wildman–Crippen MR) is 100 cm³/mol. The standard InChI is InChI=1S/C21H23F3N2O/c1-16-2-4-17(5-3-16)20(27)10-11-25-12-14-26(15-13-25)19-8-6-18(7-9-19)21(22,23)24/h2-9H,10-15H2,1H3. The van der Waals surface area contributed by atoms with Gasteiger partial charge in [0, 0.05) is 50.4 Å². The zero-order chi connectivity index (χ0) is 19.4. The molecule has 0 bridgehead atoms. The maximum absolute atomic E-state index is 12.7. The molecule has 0 spiro atoms. The number of alkyl halides is 3. The van der Waals surface area contributed by atoms with Crippen molar-refractivity contribution in [2.45, 2.75) is 19.5 Å². The number of carbonyl (C=O) groups excluding carboxylic acids is 1. The Morgan fingerprint density at radius 3 is 2.07 bits per heavy atom. The normalized spacial score (nSPS) is 15.8. The SMILES string of the molecule is Cc1ccc(C(=O)CCN2CCN(c3ccc(C(F)(F)F)cc3)CC2)cc1. The molecule has 144 valence electrons. The van der Waals surface area contributed by atoms with Gasteiger partial charge in [0.2, 0.25) is 0 Å². The highest BCUT2D eigenvalue weighted by Gasteiger charge is 2.30. The minimum absolute atomic E-state index is 0.139. The average molecular weight is 376 g/mol. The molecule has 2 aromatic rings. The Hall–Kier alpha value is -2.34. The van der Waals surface area contributed by atoms with Crippen LogP contribution in [0.15, 0.2) is 48.5 Å². The van der Waals surface area contributed by atoms with Gasteiger partial charge in [-0.25, -0.2) is 0 Å². The first-order valence-electron chi connectivity index (χ1n) is 9.07. The van der Waals surface area contributed by atoms with Crippen LogP contribution in [0.3, 0.4) is 0 Å². The van der Waals surface area contributed by atoms with Crippen LogP contribution in [0.1, 0.15) is 27.9 Å². The summed E-state index contributed by atoms with van der Waals surface area (Å²) in [5.41, 5.74) is 2.05. The number of anilines is 1. The van der Waals surface area contributed by atoms with Gasteiger partial charge in [0.05, 0.1) is 5.56 Å². The molecule has 1 aliphatic heterocycles. The molecule has 0 amide bonds. The molecule has 3 rings (SSSR count). The molecule has 0 N–H and O–H groups in total. The molecule has 0 radical (unpaired) electrons. The van der Waals surface area contributed by atoms with Gasteiger partial charge in [0.1, 0.15) is 0 Å². The Bertz CT molecular complexity index is 762. The smallest absolute Gasteiger partial charge is 0.369 e. The lowest BCUT2D eigenvalue weighted by Gasteiger charge is -2.36. The molecule has 1 saturated heterocycles. The van der Waals surface area contributed by atoms with E-state index < -0.39 is 11.7 Å². The number of rotatable bonds is 5. The van der Waals surface area contributed by atoms with Crippen LogP contribution >= 0.6 is 0 Å². The van der Waals surface area contributed by atoms with Crippen LogP contribution in [0.25, 0.3) is 0 Å². The largest absolute Gasteiger partial charge is 0.416 e. The number of carbonyl (C=O) groups is 1. The van der Waals surface area contributed by atoms with Crippen LogP contribution in [0.5, 0.6) is 0 Å². The van der Waals surface area contributed by atoms with Crippen LogP contribution in [0.2, 0.25) is 0 Å². The fourth-order valence-corrected chi connectivity index (χ4v) is 3.23. The van der Waals surface area contributed by atoms with Gasteiger partial charge in [-0.05, 0) is 31.2 Å². The third kappa shape index (κ3) is 5.10. The second-order valence-corrected chi connectivity index (χ2v) is 6.91. The summed E-state index contributed by atoms with van der Waals surface area (Å²) in [7, 11) is 0. The minimum atomic E-state index is -4.30. The number of nitrogens with zero attached hydrogens (tertiary/aromatic N) is 2. The van der Waals surface area contributed by atoms with Gasteiger partial charge in [0.15, 0.2) is 5.78 Å². The quantitative estimate of drug-likeness (QED) is 0.723. The van der Waals surface area contributed by atoms with E-state index in [-0.39, 0.29) is 5.78 Å². The van der Waals surface area contributed by atoms with Crippen LogP contribution in [0, 0.1) is 6.92 Å². The average Bonchev–Trinajstić information content (AvgIpc) is 2.66. The third-order valence-electron chi connectivity index (χ3n) is 4.96. The number of piperazine rings is 1. The molecule has 0 unspecified atom stereocenters. The van der Waals surface area contributed by atoms with E-state index in [2.05, 4.69) is 9.80 Å². The van der Waals surface area contributed by atoms with Crippen LogP contribution in [-0.2, 0) is 6.18 Å². The molecule has 1 heterocycles. The molecule has 1 aliphatic rings. The summed E-state index contributed by atoms with van der Waals surface area (Å²) in [5.74, 6) is 0.139. The van der Waals surface area contributed by atoms with Crippen molar-refractivity contribution in [1.29, 1.82) is 0 Å². The lowest BCUT2D eigenvalue weighted by Crippen LogP contribution is -2.46. The van der Waals surface area contributed by atoms with Gasteiger partial charge in [0.25, 0.3) is 0 Å². The summed E-state index contributed by atoms with van der Waals surface area (Å²) in [5, 5.41) is 0. The first-order valence-corrected chi connectivity index (χ1v) is 9.07. The van der Waals surface area contributed by atoms with Crippen molar-refractivity contribution in [1.82, 2.24) is 4.90 Å². The number of hydrogen-bond donors (Lipinski definition) is 0. The molecule has 0 atom stereocenters. The summed E-state index contributed by atoms with van der Waals surface area (Å²) in [4.78, 5) is 16.6. The summed E-state index contributed by atoms with van der Waals surface area (Å²) >= 11 is 0. The van der Waals surface area contributed by atoms with E-state index in [9.17, 15) is 18.0 Å². The fraction of sp³-hybridized carbons (Fsp3) is 0.381. The second kappa shape index (κ2) is 8.13. The summed E-state index contributed by atoms with van der Waals surface area (Å²) in [6.45, 7) is 5.76. The molecule has 0 aromatic heterocycles. The predicted octanol–water partition coefficient (Wildman–Crippen LogP) is 4.41.